The van der Waals surface area contributed by atoms with Crippen molar-refractivity contribution >= 4 is 11.9 Å². The predicted molar refractivity (Wildman–Crippen MR) is 80.0 cm³/mol. The molecule has 1 heterocycles. The first-order chi connectivity index (χ1) is 10.4. The maximum Gasteiger partial charge on any atom is 0.324 e. The molecule has 0 aromatic carbocycles. The Morgan fingerprint density at radius 1 is 1.09 bits per heavy atom. The standard InChI is InChI=1S/C16H26O6/c1-6-9-16(14(17)19-7-2,15(18)20-8-3)10-13-21-11(4)12(5)22-13/h6,11-13H,1,7-10H2,2-5H3/t11-,12-/m0/s1. The molecule has 0 spiro atoms. The first-order valence-corrected chi connectivity index (χ1v) is 7.67. The van der Waals surface area contributed by atoms with E-state index in [1.165, 1.54) is 6.08 Å². The summed E-state index contributed by atoms with van der Waals surface area (Å²) in [4.78, 5) is 24.9. The van der Waals surface area contributed by atoms with Crippen LogP contribution >= 0.6 is 0 Å². The molecule has 1 aliphatic heterocycles. The lowest BCUT2D eigenvalue weighted by Gasteiger charge is -2.29. The summed E-state index contributed by atoms with van der Waals surface area (Å²) in [6.45, 7) is 11.1. The van der Waals surface area contributed by atoms with Crippen molar-refractivity contribution in [3.8, 4) is 0 Å². The van der Waals surface area contributed by atoms with E-state index in [0.29, 0.717) is 0 Å². The van der Waals surface area contributed by atoms with Crippen LogP contribution in [0.25, 0.3) is 0 Å². The van der Waals surface area contributed by atoms with Gasteiger partial charge in [0, 0.05) is 6.42 Å². The molecular formula is C16H26O6. The minimum Gasteiger partial charge on any atom is -0.465 e. The van der Waals surface area contributed by atoms with E-state index >= 15 is 0 Å². The zero-order valence-corrected chi connectivity index (χ0v) is 13.8. The average molecular weight is 314 g/mol. The Labute approximate surface area is 131 Å². The van der Waals surface area contributed by atoms with Crippen molar-refractivity contribution in [1.29, 1.82) is 0 Å². The molecule has 0 aliphatic carbocycles. The van der Waals surface area contributed by atoms with Gasteiger partial charge in [0.1, 0.15) is 0 Å². The largest absolute Gasteiger partial charge is 0.465 e. The number of hydrogen-bond donors (Lipinski definition) is 0. The van der Waals surface area contributed by atoms with Crippen molar-refractivity contribution in [3.63, 3.8) is 0 Å². The number of hydrogen-bond acceptors (Lipinski definition) is 6. The van der Waals surface area contributed by atoms with E-state index in [1.54, 1.807) is 13.8 Å². The van der Waals surface area contributed by atoms with Crippen molar-refractivity contribution in [3.05, 3.63) is 12.7 Å². The smallest absolute Gasteiger partial charge is 0.324 e. The summed E-state index contributed by atoms with van der Waals surface area (Å²) in [5.74, 6) is -1.26. The Bertz CT molecular complexity index is 377. The SMILES string of the molecule is C=CCC(CC1O[C@@H](C)[C@H](C)O1)(C(=O)OCC)C(=O)OCC. The molecule has 0 aromatic heterocycles. The Hall–Kier alpha value is -1.40. The molecule has 0 saturated carbocycles. The topological polar surface area (TPSA) is 71.1 Å². The number of allylic oxidation sites excluding steroid dienone is 1. The maximum absolute atomic E-state index is 12.4. The molecule has 0 amide bonds. The second kappa shape index (κ2) is 8.29. The van der Waals surface area contributed by atoms with Crippen LogP contribution in [0.1, 0.15) is 40.5 Å². The summed E-state index contributed by atoms with van der Waals surface area (Å²) >= 11 is 0. The monoisotopic (exact) mass is 314 g/mol. The van der Waals surface area contributed by atoms with Crippen molar-refractivity contribution in [2.24, 2.45) is 5.41 Å². The van der Waals surface area contributed by atoms with Crippen LogP contribution in [0.2, 0.25) is 0 Å². The molecule has 2 atom stereocenters. The summed E-state index contributed by atoms with van der Waals surface area (Å²) in [7, 11) is 0. The van der Waals surface area contributed by atoms with Crippen LogP contribution in [0, 0.1) is 5.41 Å². The molecule has 0 N–H and O–H groups in total. The molecular weight excluding hydrogens is 288 g/mol. The lowest BCUT2D eigenvalue weighted by atomic mass is 9.80. The number of carbonyl (C=O) groups excluding carboxylic acids is 2. The zero-order valence-electron chi connectivity index (χ0n) is 13.8. The number of ether oxygens (including phenoxy) is 4. The Morgan fingerprint density at radius 2 is 1.55 bits per heavy atom. The molecule has 126 valence electrons. The fourth-order valence-electron chi connectivity index (χ4n) is 2.40. The second-order valence-electron chi connectivity index (χ2n) is 5.33. The lowest BCUT2D eigenvalue weighted by molar-refractivity contribution is -0.180. The van der Waals surface area contributed by atoms with Gasteiger partial charge in [-0.1, -0.05) is 6.08 Å². The third kappa shape index (κ3) is 4.08. The van der Waals surface area contributed by atoms with Gasteiger partial charge in [-0.15, -0.1) is 6.58 Å². The molecule has 1 fully saturated rings. The minimum atomic E-state index is -1.48. The van der Waals surface area contributed by atoms with E-state index in [-0.39, 0.29) is 38.3 Å². The predicted octanol–water partition coefficient (Wildman–Crippen LogP) is 2.22. The van der Waals surface area contributed by atoms with Crippen molar-refractivity contribution in [2.75, 3.05) is 13.2 Å². The van der Waals surface area contributed by atoms with Crippen LogP contribution in [-0.4, -0.2) is 43.7 Å². The molecule has 22 heavy (non-hydrogen) atoms. The fraction of sp³-hybridized carbons (Fsp3) is 0.750. The highest BCUT2D eigenvalue weighted by Crippen LogP contribution is 2.36. The van der Waals surface area contributed by atoms with Crippen molar-refractivity contribution in [1.82, 2.24) is 0 Å². The van der Waals surface area contributed by atoms with Crippen LogP contribution in [0.5, 0.6) is 0 Å². The highest BCUT2D eigenvalue weighted by molar-refractivity contribution is 6.00. The van der Waals surface area contributed by atoms with Gasteiger partial charge in [0.05, 0.1) is 25.4 Å². The molecule has 0 aromatic rings. The van der Waals surface area contributed by atoms with Gasteiger partial charge in [-0.25, -0.2) is 0 Å². The van der Waals surface area contributed by atoms with Crippen LogP contribution in [0.4, 0.5) is 0 Å². The highest BCUT2D eigenvalue weighted by atomic mass is 16.7. The molecule has 0 radical (unpaired) electrons. The van der Waals surface area contributed by atoms with Crippen LogP contribution < -0.4 is 0 Å². The van der Waals surface area contributed by atoms with E-state index in [4.69, 9.17) is 18.9 Å². The number of rotatable bonds is 8. The van der Waals surface area contributed by atoms with Gasteiger partial charge >= 0.3 is 11.9 Å². The van der Waals surface area contributed by atoms with E-state index in [1.807, 2.05) is 13.8 Å². The maximum atomic E-state index is 12.4. The van der Waals surface area contributed by atoms with E-state index in [0.717, 1.165) is 0 Å². The summed E-state index contributed by atoms with van der Waals surface area (Å²) < 4.78 is 21.5. The first-order valence-electron chi connectivity index (χ1n) is 7.67. The quantitative estimate of drug-likeness (QED) is 0.389. The summed E-state index contributed by atoms with van der Waals surface area (Å²) in [5.41, 5.74) is -1.48. The number of carbonyl (C=O) groups is 2. The molecule has 6 heteroatoms. The van der Waals surface area contributed by atoms with E-state index in [2.05, 4.69) is 6.58 Å². The van der Waals surface area contributed by atoms with Gasteiger partial charge in [0.15, 0.2) is 11.7 Å². The highest BCUT2D eigenvalue weighted by Gasteiger charge is 2.51. The Morgan fingerprint density at radius 3 is 1.91 bits per heavy atom. The van der Waals surface area contributed by atoms with Gasteiger partial charge in [0.25, 0.3) is 0 Å². The van der Waals surface area contributed by atoms with E-state index < -0.39 is 23.6 Å². The van der Waals surface area contributed by atoms with Gasteiger partial charge in [-0.05, 0) is 34.1 Å². The van der Waals surface area contributed by atoms with Gasteiger partial charge in [-0.3, -0.25) is 9.59 Å². The van der Waals surface area contributed by atoms with E-state index in [9.17, 15) is 9.59 Å². The Kier molecular flexibility index (Phi) is 7.03. The molecule has 1 aliphatic rings. The summed E-state index contributed by atoms with van der Waals surface area (Å²) in [6, 6.07) is 0. The third-order valence-electron chi connectivity index (χ3n) is 3.73. The number of esters is 2. The molecule has 0 bridgehead atoms. The van der Waals surface area contributed by atoms with Crippen molar-refractivity contribution in [2.45, 2.75) is 59.0 Å². The Balaban J connectivity index is 3.03. The van der Waals surface area contributed by atoms with Gasteiger partial charge in [-0.2, -0.15) is 0 Å². The van der Waals surface area contributed by atoms with Crippen LogP contribution in [0.15, 0.2) is 12.7 Å². The first kappa shape index (κ1) is 18.6. The van der Waals surface area contributed by atoms with Crippen LogP contribution in [-0.2, 0) is 28.5 Å². The van der Waals surface area contributed by atoms with Crippen molar-refractivity contribution < 1.29 is 28.5 Å². The molecule has 6 nitrogen and oxygen atoms in total. The van der Waals surface area contributed by atoms with Gasteiger partial charge in [0.2, 0.25) is 0 Å². The summed E-state index contributed by atoms with van der Waals surface area (Å²) in [6.07, 6.45) is 0.808. The zero-order chi connectivity index (χ0) is 16.8. The van der Waals surface area contributed by atoms with Crippen LogP contribution in [0.3, 0.4) is 0 Å². The molecule has 0 unspecified atom stereocenters. The average Bonchev–Trinajstić information content (AvgIpc) is 2.77. The van der Waals surface area contributed by atoms with Gasteiger partial charge < -0.3 is 18.9 Å². The lowest BCUT2D eigenvalue weighted by Crippen LogP contribution is -2.44. The second-order valence-corrected chi connectivity index (χ2v) is 5.33. The third-order valence-corrected chi connectivity index (χ3v) is 3.73. The normalized spacial score (nSPS) is 22.4. The summed E-state index contributed by atoms with van der Waals surface area (Å²) in [5, 5.41) is 0. The fourth-order valence-corrected chi connectivity index (χ4v) is 2.40. The molecule has 1 rings (SSSR count). The minimum absolute atomic E-state index is 0.0470. The molecule has 1 saturated heterocycles.